The lowest BCUT2D eigenvalue weighted by Crippen LogP contribution is -2.14. The second-order valence-electron chi connectivity index (χ2n) is 5.22. The molecule has 1 aromatic heterocycles. The molecule has 0 radical (unpaired) electrons. The average Bonchev–Trinajstić information content (AvgIpc) is 2.97. The molecular formula is C14H10N4O6S. The fraction of sp³-hybridized carbons (Fsp3) is 0.0714. The largest absolute Gasteiger partial charge is 0.348 e. The second kappa shape index (κ2) is 5.63. The molecule has 0 saturated carbocycles. The van der Waals surface area contributed by atoms with Gasteiger partial charge in [-0.2, -0.15) is 17.6 Å². The maximum atomic E-state index is 12.7. The van der Waals surface area contributed by atoms with Crippen LogP contribution in [0.1, 0.15) is 5.56 Å². The zero-order valence-corrected chi connectivity index (χ0v) is 13.5. The van der Waals surface area contributed by atoms with Crippen LogP contribution in [0.15, 0.2) is 47.5 Å². The van der Waals surface area contributed by atoms with Gasteiger partial charge in [-0.15, -0.1) is 0 Å². The van der Waals surface area contributed by atoms with E-state index in [1.54, 1.807) is 19.1 Å². The van der Waals surface area contributed by atoms with Gasteiger partial charge >= 0.3 is 11.4 Å². The summed E-state index contributed by atoms with van der Waals surface area (Å²) in [5.41, 5.74) is -0.795. The molecule has 10 nitrogen and oxygen atoms in total. The molecule has 128 valence electrons. The quantitative estimate of drug-likeness (QED) is 0.513. The Morgan fingerprint density at radius 1 is 1.00 bits per heavy atom. The van der Waals surface area contributed by atoms with Gasteiger partial charge < -0.3 is 0 Å². The van der Waals surface area contributed by atoms with Crippen LogP contribution in [-0.2, 0) is 10.0 Å². The van der Waals surface area contributed by atoms with Crippen molar-refractivity contribution < 1.29 is 18.3 Å². The number of fused-ring (bicyclic) bond motifs is 1. The first-order chi connectivity index (χ1) is 11.7. The first-order valence-corrected chi connectivity index (χ1v) is 8.28. The van der Waals surface area contributed by atoms with E-state index in [9.17, 15) is 28.6 Å². The van der Waals surface area contributed by atoms with E-state index in [4.69, 9.17) is 0 Å². The molecule has 0 bridgehead atoms. The minimum absolute atomic E-state index is 0.0518. The van der Waals surface area contributed by atoms with Crippen molar-refractivity contribution in [1.29, 1.82) is 0 Å². The van der Waals surface area contributed by atoms with Gasteiger partial charge in [-0.3, -0.25) is 20.2 Å². The van der Waals surface area contributed by atoms with E-state index in [0.29, 0.717) is 4.09 Å². The highest BCUT2D eigenvalue weighted by atomic mass is 32.2. The van der Waals surface area contributed by atoms with E-state index in [2.05, 4.69) is 5.10 Å². The Morgan fingerprint density at radius 3 is 2.12 bits per heavy atom. The lowest BCUT2D eigenvalue weighted by Gasteiger charge is -2.06. The summed E-state index contributed by atoms with van der Waals surface area (Å²) in [5, 5.41) is 25.9. The van der Waals surface area contributed by atoms with Crippen LogP contribution in [0.3, 0.4) is 0 Å². The molecule has 0 aliphatic rings. The van der Waals surface area contributed by atoms with Crippen LogP contribution in [0.2, 0.25) is 0 Å². The molecule has 0 amide bonds. The van der Waals surface area contributed by atoms with Crippen molar-refractivity contribution in [3.05, 3.63) is 68.4 Å². The van der Waals surface area contributed by atoms with Gasteiger partial charge in [0.2, 0.25) is 0 Å². The van der Waals surface area contributed by atoms with Crippen molar-refractivity contribution in [2.24, 2.45) is 0 Å². The van der Waals surface area contributed by atoms with Crippen LogP contribution in [0.25, 0.3) is 10.9 Å². The molecule has 0 unspecified atom stereocenters. The van der Waals surface area contributed by atoms with Crippen LogP contribution in [0, 0.1) is 27.2 Å². The van der Waals surface area contributed by atoms with E-state index in [0.717, 1.165) is 23.9 Å². The highest BCUT2D eigenvalue weighted by Gasteiger charge is 2.29. The number of benzene rings is 2. The van der Waals surface area contributed by atoms with Crippen molar-refractivity contribution >= 4 is 32.3 Å². The number of hydrogen-bond donors (Lipinski definition) is 0. The SMILES string of the molecule is Cc1ccc(S(=O)(=O)n2ncc3cc([N+](=O)[O-])c([N+](=O)[O-])cc32)cc1. The lowest BCUT2D eigenvalue weighted by atomic mass is 10.2. The first kappa shape index (κ1) is 16.5. The molecule has 0 aliphatic carbocycles. The zero-order valence-electron chi connectivity index (χ0n) is 12.7. The summed E-state index contributed by atoms with van der Waals surface area (Å²) in [7, 11) is -4.10. The molecule has 3 rings (SSSR count). The predicted octanol–water partition coefficient (Wildman–Crippen LogP) is 2.40. The van der Waals surface area contributed by atoms with Gasteiger partial charge in [-0.25, -0.2) is 0 Å². The summed E-state index contributed by atoms with van der Waals surface area (Å²) < 4.78 is 26.1. The summed E-state index contributed by atoms with van der Waals surface area (Å²) in [4.78, 5) is 20.2. The summed E-state index contributed by atoms with van der Waals surface area (Å²) in [6.45, 7) is 1.79. The minimum Gasteiger partial charge on any atom is -0.258 e. The zero-order chi connectivity index (χ0) is 18.4. The van der Waals surface area contributed by atoms with Crippen molar-refractivity contribution in [2.75, 3.05) is 0 Å². The van der Waals surface area contributed by atoms with Crippen LogP contribution < -0.4 is 0 Å². The number of nitro benzene ring substituents is 2. The lowest BCUT2D eigenvalue weighted by molar-refractivity contribution is -0.422. The Morgan fingerprint density at radius 2 is 1.56 bits per heavy atom. The molecule has 1 heterocycles. The molecule has 2 aromatic carbocycles. The summed E-state index contributed by atoms with van der Waals surface area (Å²) in [6, 6.07) is 7.75. The Bertz CT molecular complexity index is 1120. The van der Waals surface area contributed by atoms with Gasteiger partial charge in [0.05, 0.1) is 32.5 Å². The van der Waals surface area contributed by atoms with E-state index < -0.39 is 31.2 Å². The van der Waals surface area contributed by atoms with Crippen LogP contribution in [0.4, 0.5) is 11.4 Å². The third kappa shape index (κ3) is 2.70. The molecule has 0 N–H and O–H groups in total. The van der Waals surface area contributed by atoms with E-state index in [1.807, 2.05) is 0 Å². The summed E-state index contributed by atoms with van der Waals surface area (Å²) >= 11 is 0. The molecule has 0 aliphatic heterocycles. The Balaban J connectivity index is 2.27. The van der Waals surface area contributed by atoms with E-state index in [-0.39, 0.29) is 15.8 Å². The van der Waals surface area contributed by atoms with Crippen LogP contribution >= 0.6 is 0 Å². The highest BCUT2D eigenvalue weighted by molar-refractivity contribution is 7.90. The van der Waals surface area contributed by atoms with Gasteiger partial charge in [-0.1, -0.05) is 17.7 Å². The Kier molecular flexibility index (Phi) is 3.72. The number of rotatable bonds is 4. The molecule has 3 aromatic rings. The number of aromatic nitrogens is 2. The van der Waals surface area contributed by atoms with Crippen molar-refractivity contribution in [2.45, 2.75) is 11.8 Å². The molecule has 0 fully saturated rings. The predicted molar refractivity (Wildman–Crippen MR) is 86.8 cm³/mol. The fourth-order valence-electron chi connectivity index (χ4n) is 2.32. The molecule has 11 heteroatoms. The fourth-order valence-corrected chi connectivity index (χ4v) is 3.59. The Labute approximate surface area is 140 Å². The van der Waals surface area contributed by atoms with E-state index >= 15 is 0 Å². The second-order valence-corrected chi connectivity index (χ2v) is 6.99. The number of nitrogens with zero attached hydrogens (tertiary/aromatic N) is 4. The standard InChI is InChI=1S/C14H10N4O6S/c1-9-2-4-11(5-3-9)25(23,24)16-12-7-14(18(21)22)13(17(19)20)6-10(12)8-15-16/h2-8H,1H3. The van der Waals surface area contributed by atoms with Crippen LogP contribution in [-0.4, -0.2) is 27.5 Å². The van der Waals surface area contributed by atoms with Gasteiger partial charge in [0.15, 0.2) is 0 Å². The topological polar surface area (TPSA) is 138 Å². The van der Waals surface area contributed by atoms with Gasteiger partial charge in [0.25, 0.3) is 10.0 Å². The third-order valence-electron chi connectivity index (χ3n) is 3.57. The molecule has 0 atom stereocenters. The third-order valence-corrected chi connectivity index (χ3v) is 5.19. The summed E-state index contributed by atoms with van der Waals surface area (Å²) in [5.74, 6) is 0. The normalized spacial score (nSPS) is 11.6. The minimum atomic E-state index is -4.10. The highest BCUT2D eigenvalue weighted by Crippen LogP contribution is 2.32. The van der Waals surface area contributed by atoms with Crippen LogP contribution in [0.5, 0.6) is 0 Å². The number of nitro groups is 2. The van der Waals surface area contributed by atoms with Crippen molar-refractivity contribution in [3.8, 4) is 0 Å². The van der Waals surface area contributed by atoms with Crippen molar-refractivity contribution in [1.82, 2.24) is 9.19 Å². The van der Waals surface area contributed by atoms with E-state index in [1.165, 1.54) is 12.1 Å². The van der Waals surface area contributed by atoms with Crippen molar-refractivity contribution in [3.63, 3.8) is 0 Å². The molecular weight excluding hydrogens is 352 g/mol. The molecule has 25 heavy (non-hydrogen) atoms. The van der Waals surface area contributed by atoms with Gasteiger partial charge in [0.1, 0.15) is 0 Å². The monoisotopic (exact) mass is 362 g/mol. The first-order valence-electron chi connectivity index (χ1n) is 6.84. The molecule has 0 spiro atoms. The molecule has 0 saturated heterocycles. The maximum Gasteiger partial charge on any atom is 0.348 e. The van der Waals surface area contributed by atoms with Gasteiger partial charge in [-0.05, 0) is 19.1 Å². The van der Waals surface area contributed by atoms with Gasteiger partial charge in [0, 0.05) is 11.5 Å². The maximum absolute atomic E-state index is 12.7. The summed E-state index contributed by atoms with van der Waals surface area (Å²) in [6.07, 6.45) is 1.11. The Hall–Kier alpha value is -3.34. The number of hydrogen-bond acceptors (Lipinski definition) is 7. The number of aryl methyl sites for hydroxylation is 1. The smallest absolute Gasteiger partial charge is 0.258 e. The average molecular weight is 362 g/mol.